The van der Waals surface area contributed by atoms with Gasteiger partial charge in [-0.25, -0.2) is 4.39 Å². The molecule has 0 radical (unpaired) electrons. The van der Waals surface area contributed by atoms with E-state index in [1.54, 1.807) is 6.07 Å². The van der Waals surface area contributed by atoms with Gasteiger partial charge >= 0.3 is 0 Å². The van der Waals surface area contributed by atoms with Crippen molar-refractivity contribution in [3.05, 3.63) is 46.4 Å². The van der Waals surface area contributed by atoms with Crippen molar-refractivity contribution >= 4 is 17.9 Å². The van der Waals surface area contributed by atoms with Crippen LogP contribution in [-0.4, -0.2) is 6.29 Å². The molecule has 0 amide bonds. The summed E-state index contributed by atoms with van der Waals surface area (Å²) in [5, 5.41) is 8.76. The van der Waals surface area contributed by atoms with Crippen molar-refractivity contribution in [1.29, 1.82) is 5.26 Å². The first-order valence-electron chi connectivity index (χ1n) is 4.61. The SMILES string of the molecule is N#Cc1c(-c2ccc(C=O)o2)ccc(Cl)c1F. The lowest BCUT2D eigenvalue weighted by atomic mass is 10.1. The Kier molecular flexibility index (Phi) is 2.94. The van der Waals surface area contributed by atoms with Crippen molar-refractivity contribution in [2.45, 2.75) is 0 Å². The van der Waals surface area contributed by atoms with E-state index in [0.717, 1.165) is 0 Å². The van der Waals surface area contributed by atoms with Crippen molar-refractivity contribution in [3.8, 4) is 17.4 Å². The number of hydrogen-bond acceptors (Lipinski definition) is 3. The Balaban J connectivity index is 2.64. The molecule has 0 atom stereocenters. The van der Waals surface area contributed by atoms with E-state index in [2.05, 4.69) is 0 Å². The average Bonchev–Trinajstić information content (AvgIpc) is 2.81. The fourth-order valence-electron chi connectivity index (χ4n) is 1.43. The first-order valence-corrected chi connectivity index (χ1v) is 4.98. The predicted molar refractivity (Wildman–Crippen MR) is 59.2 cm³/mol. The summed E-state index contributed by atoms with van der Waals surface area (Å²) in [6.45, 7) is 0. The minimum absolute atomic E-state index is 0.110. The molecule has 0 spiro atoms. The summed E-state index contributed by atoms with van der Waals surface area (Å²) in [4.78, 5) is 10.5. The third kappa shape index (κ3) is 1.93. The third-order valence-electron chi connectivity index (χ3n) is 2.22. The highest BCUT2D eigenvalue weighted by molar-refractivity contribution is 6.31. The molecule has 0 aliphatic carbocycles. The molecule has 0 bridgehead atoms. The zero-order valence-electron chi connectivity index (χ0n) is 8.41. The first-order chi connectivity index (χ1) is 8.17. The number of carbonyl (C=O) groups is 1. The zero-order chi connectivity index (χ0) is 12.4. The van der Waals surface area contributed by atoms with E-state index in [1.807, 2.05) is 0 Å². The Morgan fingerprint density at radius 3 is 2.71 bits per heavy atom. The molecule has 1 aromatic carbocycles. The quantitative estimate of drug-likeness (QED) is 0.766. The van der Waals surface area contributed by atoms with Gasteiger partial charge in [0.1, 0.15) is 17.4 Å². The number of furan rings is 1. The molecule has 84 valence electrons. The molecule has 3 nitrogen and oxygen atoms in total. The minimum Gasteiger partial charge on any atom is -0.453 e. The number of nitrogens with zero attached hydrogens (tertiary/aromatic N) is 1. The summed E-state index contributed by atoms with van der Waals surface area (Å²) in [6.07, 6.45) is 0.530. The minimum atomic E-state index is -0.796. The van der Waals surface area contributed by atoms with Gasteiger partial charge in [0.2, 0.25) is 0 Å². The van der Waals surface area contributed by atoms with E-state index in [4.69, 9.17) is 21.3 Å². The zero-order valence-corrected chi connectivity index (χ0v) is 9.16. The molecule has 0 N–H and O–H groups in total. The second-order valence-corrected chi connectivity index (χ2v) is 3.62. The van der Waals surface area contributed by atoms with Crippen molar-refractivity contribution in [1.82, 2.24) is 0 Å². The van der Waals surface area contributed by atoms with E-state index in [0.29, 0.717) is 6.29 Å². The van der Waals surface area contributed by atoms with Crippen molar-refractivity contribution in [3.63, 3.8) is 0 Å². The first kappa shape index (κ1) is 11.4. The molecule has 1 heterocycles. The second kappa shape index (κ2) is 4.40. The Labute approximate surface area is 101 Å². The summed E-state index contributed by atoms with van der Waals surface area (Å²) in [6, 6.07) is 7.46. The van der Waals surface area contributed by atoms with Gasteiger partial charge in [0.25, 0.3) is 0 Å². The molecule has 0 aliphatic heterocycles. The van der Waals surface area contributed by atoms with Crippen LogP contribution in [0.1, 0.15) is 16.1 Å². The summed E-state index contributed by atoms with van der Waals surface area (Å²) < 4.78 is 18.7. The molecule has 0 fully saturated rings. The maximum absolute atomic E-state index is 13.6. The van der Waals surface area contributed by atoms with E-state index in [9.17, 15) is 9.18 Å². The lowest BCUT2D eigenvalue weighted by molar-refractivity contribution is 0.110. The van der Waals surface area contributed by atoms with Crippen LogP contribution < -0.4 is 0 Å². The van der Waals surface area contributed by atoms with Crippen LogP contribution in [0.2, 0.25) is 5.02 Å². The van der Waals surface area contributed by atoms with E-state index < -0.39 is 5.82 Å². The fourth-order valence-corrected chi connectivity index (χ4v) is 1.58. The van der Waals surface area contributed by atoms with Gasteiger partial charge in [-0.15, -0.1) is 0 Å². The summed E-state index contributed by atoms with van der Waals surface area (Å²) in [7, 11) is 0. The van der Waals surface area contributed by atoms with Gasteiger partial charge in [-0.1, -0.05) is 11.6 Å². The molecule has 1 aromatic heterocycles. The Morgan fingerprint density at radius 2 is 2.12 bits per heavy atom. The molecule has 0 saturated carbocycles. The van der Waals surface area contributed by atoms with Gasteiger partial charge in [0.15, 0.2) is 17.9 Å². The molecule has 17 heavy (non-hydrogen) atoms. The number of rotatable bonds is 2. The second-order valence-electron chi connectivity index (χ2n) is 3.22. The number of halogens is 2. The van der Waals surface area contributed by atoms with Gasteiger partial charge in [-0.05, 0) is 24.3 Å². The smallest absolute Gasteiger partial charge is 0.185 e. The Hall–Kier alpha value is -2.12. The lowest BCUT2D eigenvalue weighted by Crippen LogP contribution is -1.89. The molecular formula is C12H5ClFNO2. The van der Waals surface area contributed by atoms with E-state index >= 15 is 0 Å². The van der Waals surface area contributed by atoms with Crippen molar-refractivity contribution in [2.75, 3.05) is 0 Å². The molecule has 2 rings (SSSR count). The molecular weight excluding hydrogens is 245 g/mol. The highest BCUT2D eigenvalue weighted by Gasteiger charge is 2.15. The number of nitriles is 1. The predicted octanol–water partition coefficient (Wildman–Crippen LogP) is 3.42. The standard InChI is InChI=1S/C12H5ClFNO2/c13-10-3-2-8(9(5-15)12(10)14)11-4-1-7(6-16)17-11/h1-4,6H. The van der Waals surface area contributed by atoms with Crippen LogP contribution >= 0.6 is 11.6 Å². The number of carbonyl (C=O) groups excluding carboxylic acids is 1. The molecule has 0 aliphatic rings. The van der Waals surface area contributed by atoms with E-state index in [-0.39, 0.29) is 27.7 Å². The molecule has 5 heteroatoms. The molecule has 2 aromatic rings. The maximum atomic E-state index is 13.6. The van der Waals surface area contributed by atoms with Crippen LogP contribution in [0.5, 0.6) is 0 Å². The normalized spacial score (nSPS) is 9.94. The third-order valence-corrected chi connectivity index (χ3v) is 2.51. The molecule has 0 saturated heterocycles. The molecule has 0 unspecified atom stereocenters. The lowest BCUT2D eigenvalue weighted by Gasteiger charge is -2.02. The topological polar surface area (TPSA) is 54.0 Å². The van der Waals surface area contributed by atoms with Crippen molar-refractivity contribution in [2.24, 2.45) is 0 Å². The monoisotopic (exact) mass is 249 g/mol. The van der Waals surface area contributed by atoms with E-state index in [1.165, 1.54) is 24.3 Å². The number of benzene rings is 1. The van der Waals surface area contributed by atoms with Crippen LogP contribution in [0, 0.1) is 17.1 Å². The average molecular weight is 250 g/mol. The highest BCUT2D eigenvalue weighted by atomic mass is 35.5. The highest BCUT2D eigenvalue weighted by Crippen LogP contribution is 2.30. The van der Waals surface area contributed by atoms with Gasteiger partial charge < -0.3 is 4.42 Å². The number of aldehydes is 1. The number of hydrogen-bond donors (Lipinski definition) is 0. The van der Waals surface area contributed by atoms with Crippen LogP contribution in [0.15, 0.2) is 28.7 Å². The Bertz CT molecular complexity index is 628. The van der Waals surface area contributed by atoms with Crippen LogP contribution in [0.25, 0.3) is 11.3 Å². The van der Waals surface area contributed by atoms with Gasteiger partial charge in [-0.2, -0.15) is 5.26 Å². The summed E-state index contributed by atoms with van der Waals surface area (Å²) in [5.74, 6) is -0.436. The summed E-state index contributed by atoms with van der Waals surface area (Å²) in [5.41, 5.74) is 0.0619. The van der Waals surface area contributed by atoms with Gasteiger partial charge in [-0.3, -0.25) is 4.79 Å². The fraction of sp³-hybridized carbons (Fsp3) is 0. The van der Waals surface area contributed by atoms with Gasteiger partial charge in [0.05, 0.1) is 5.02 Å². The van der Waals surface area contributed by atoms with Crippen LogP contribution in [0.4, 0.5) is 4.39 Å². The maximum Gasteiger partial charge on any atom is 0.185 e. The van der Waals surface area contributed by atoms with Crippen LogP contribution in [-0.2, 0) is 0 Å². The van der Waals surface area contributed by atoms with Crippen molar-refractivity contribution < 1.29 is 13.6 Å². The van der Waals surface area contributed by atoms with Gasteiger partial charge in [0, 0.05) is 5.56 Å². The summed E-state index contributed by atoms with van der Waals surface area (Å²) >= 11 is 5.57. The largest absolute Gasteiger partial charge is 0.453 e. The van der Waals surface area contributed by atoms with Crippen LogP contribution in [0.3, 0.4) is 0 Å². The Morgan fingerprint density at radius 1 is 1.35 bits per heavy atom.